The number of nitrogens with one attached hydrogen (secondary N) is 1. The summed E-state index contributed by atoms with van der Waals surface area (Å²) >= 11 is 0. The fourth-order valence-electron chi connectivity index (χ4n) is 6.05. The smallest absolute Gasteiger partial charge is 0.337 e. The molecule has 44 heavy (non-hydrogen) atoms. The summed E-state index contributed by atoms with van der Waals surface area (Å²) in [6.45, 7) is 2.95. The molecule has 3 aromatic rings. The van der Waals surface area contributed by atoms with Crippen molar-refractivity contribution in [1.29, 1.82) is 0 Å². The van der Waals surface area contributed by atoms with Crippen molar-refractivity contribution in [2.24, 2.45) is 38.7 Å². The SMILES string of the molecule is COC(=O)c1ccc(-c2ccc(C[C@H](CC(=O)C3CCC(CN)CC3)C(=O)Nc3ccc(C4=NCN=N4)cc3)cc2)c(C)c1. The van der Waals surface area contributed by atoms with Crippen LogP contribution in [0.5, 0.6) is 0 Å². The number of carbonyl (C=O) groups excluding carboxylic acids is 3. The molecule has 3 aromatic carbocycles. The summed E-state index contributed by atoms with van der Waals surface area (Å²) in [6.07, 6.45) is 4.21. The molecule has 1 aliphatic heterocycles. The van der Waals surface area contributed by atoms with E-state index in [2.05, 4.69) is 20.5 Å². The molecule has 0 aromatic heterocycles. The van der Waals surface area contributed by atoms with Crippen LogP contribution in [0.4, 0.5) is 5.69 Å². The summed E-state index contributed by atoms with van der Waals surface area (Å²) < 4.78 is 4.84. The van der Waals surface area contributed by atoms with Crippen LogP contribution in [0.3, 0.4) is 0 Å². The lowest BCUT2D eigenvalue weighted by atomic mass is 9.77. The third-order valence-electron chi connectivity index (χ3n) is 8.71. The predicted molar refractivity (Wildman–Crippen MR) is 171 cm³/mol. The molecule has 1 aliphatic carbocycles. The molecule has 3 N–H and O–H groups in total. The average molecular weight is 594 g/mol. The van der Waals surface area contributed by atoms with Gasteiger partial charge in [0.1, 0.15) is 5.78 Å². The first-order chi connectivity index (χ1) is 21.3. The number of amidine groups is 1. The molecule has 0 saturated heterocycles. The summed E-state index contributed by atoms with van der Waals surface area (Å²) in [5.41, 5.74) is 11.8. The molecule has 5 rings (SSSR count). The Kier molecular flexibility index (Phi) is 10.1. The summed E-state index contributed by atoms with van der Waals surface area (Å²) in [5.74, 6) is 0.120. The van der Waals surface area contributed by atoms with Crippen LogP contribution in [-0.4, -0.2) is 43.8 Å². The third kappa shape index (κ3) is 7.52. The molecule has 1 fully saturated rings. The highest BCUT2D eigenvalue weighted by atomic mass is 16.5. The summed E-state index contributed by atoms with van der Waals surface area (Å²) in [4.78, 5) is 43.2. The van der Waals surface area contributed by atoms with E-state index in [0.717, 1.165) is 53.5 Å². The molecule has 1 amide bonds. The number of carbonyl (C=O) groups is 3. The molecule has 0 radical (unpaired) electrons. The van der Waals surface area contributed by atoms with Crippen LogP contribution < -0.4 is 11.1 Å². The molecule has 9 heteroatoms. The van der Waals surface area contributed by atoms with Gasteiger partial charge in [0.25, 0.3) is 0 Å². The standard InChI is InChI=1S/C35H39N5O4/c1-22-17-28(35(43)44-2)13-16-31(22)25-7-3-23(4-8-25)18-29(19-32(41)26-9-5-24(20-36)6-10-26)34(42)39-30-14-11-27(12-15-30)33-37-21-38-40-33/h3-4,7-8,11-17,24,26,29H,5-6,9-10,18-21,36H2,1-2H3,(H,39,42)/t24?,26?,29-/m1/s1. The van der Waals surface area contributed by atoms with Crippen molar-refractivity contribution in [1.82, 2.24) is 0 Å². The minimum atomic E-state index is -0.519. The zero-order valence-electron chi connectivity index (χ0n) is 25.3. The number of benzene rings is 3. The van der Waals surface area contributed by atoms with Gasteiger partial charge in [0, 0.05) is 29.5 Å². The third-order valence-corrected chi connectivity index (χ3v) is 8.71. The number of azo groups is 1. The highest BCUT2D eigenvalue weighted by Crippen LogP contribution is 2.31. The molecular formula is C35H39N5O4. The zero-order chi connectivity index (χ0) is 31.1. The Hall–Kier alpha value is -4.50. The van der Waals surface area contributed by atoms with Crippen molar-refractivity contribution in [3.05, 3.63) is 89.0 Å². The van der Waals surface area contributed by atoms with Crippen molar-refractivity contribution in [3.63, 3.8) is 0 Å². The quantitative estimate of drug-likeness (QED) is 0.258. The van der Waals surface area contributed by atoms with Crippen LogP contribution in [0, 0.1) is 24.7 Å². The van der Waals surface area contributed by atoms with Gasteiger partial charge in [-0.1, -0.05) is 30.3 Å². The van der Waals surface area contributed by atoms with Gasteiger partial charge in [0.15, 0.2) is 12.5 Å². The molecule has 9 nitrogen and oxygen atoms in total. The van der Waals surface area contributed by atoms with Crippen LogP contribution >= 0.6 is 0 Å². The highest BCUT2D eigenvalue weighted by Gasteiger charge is 2.30. The van der Waals surface area contributed by atoms with Crippen molar-refractivity contribution < 1.29 is 19.1 Å². The summed E-state index contributed by atoms with van der Waals surface area (Å²) in [6, 6.07) is 20.9. The second-order valence-corrected chi connectivity index (χ2v) is 11.7. The van der Waals surface area contributed by atoms with Gasteiger partial charge in [-0.25, -0.2) is 9.79 Å². The minimum absolute atomic E-state index is 0.0213. The highest BCUT2D eigenvalue weighted by molar-refractivity contribution is 6.01. The second kappa shape index (κ2) is 14.3. The Balaban J connectivity index is 1.31. The van der Waals surface area contributed by atoms with E-state index in [1.807, 2.05) is 67.6 Å². The fraction of sp³-hybridized carbons (Fsp3) is 0.371. The molecule has 1 atom stereocenters. The van der Waals surface area contributed by atoms with Crippen LogP contribution in [-0.2, 0) is 20.7 Å². The van der Waals surface area contributed by atoms with Gasteiger partial charge in [0.05, 0.1) is 12.7 Å². The lowest BCUT2D eigenvalue weighted by Gasteiger charge is -2.27. The lowest BCUT2D eigenvalue weighted by molar-refractivity contribution is -0.129. The van der Waals surface area contributed by atoms with Gasteiger partial charge in [0.2, 0.25) is 5.91 Å². The topological polar surface area (TPSA) is 136 Å². The van der Waals surface area contributed by atoms with Gasteiger partial charge in [-0.15, -0.1) is 5.11 Å². The number of hydrogen-bond donors (Lipinski definition) is 2. The van der Waals surface area contributed by atoms with Crippen molar-refractivity contribution in [2.45, 2.75) is 45.4 Å². The second-order valence-electron chi connectivity index (χ2n) is 11.7. The van der Waals surface area contributed by atoms with E-state index in [1.165, 1.54) is 7.11 Å². The van der Waals surface area contributed by atoms with Gasteiger partial charge >= 0.3 is 5.97 Å². The molecule has 1 heterocycles. The number of methoxy groups -OCH3 is 1. The van der Waals surface area contributed by atoms with E-state index in [0.29, 0.717) is 42.6 Å². The number of nitrogens with zero attached hydrogens (tertiary/aromatic N) is 3. The summed E-state index contributed by atoms with van der Waals surface area (Å²) in [5, 5.41) is 10.9. The largest absolute Gasteiger partial charge is 0.465 e. The fourth-order valence-corrected chi connectivity index (χ4v) is 6.05. The predicted octanol–water partition coefficient (Wildman–Crippen LogP) is 6.14. The number of hydrogen-bond acceptors (Lipinski definition) is 8. The maximum absolute atomic E-state index is 13.6. The maximum Gasteiger partial charge on any atom is 0.337 e. The molecule has 0 bridgehead atoms. The Morgan fingerprint density at radius 3 is 2.27 bits per heavy atom. The molecule has 1 saturated carbocycles. The van der Waals surface area contributed by atoms with E-state index in [4.69, 9.17) is 10.5 Å². The molecular weight excluding hydrogens is 554 g/mol. The Morgan fingerprint density at radius 2 is 1.66 bits per heavy atom. The molecule has 2 aliphatic rings. The van der Waals surface area contributed by atoms with Gasteiger partial charge < -0.3 is 15.8 Å². The molecule has 0 unspecified atom stereocenters. The number of esters is 1. The first kappa shape index (κ1) is 30.9. The number of aryl methyl sites for hydroxylation is 1. The van der Waals surface area contributed by atoms with E-state index >= 15 is 0 Å². The number of amides is 1. The zero-order valence-corrected chi connectivity index (χ0v) is 25.3. The number of ketones is 1. The average Bonchev–Trinajstić information content (AvgIpc) is 3.60. The van der Waals surface area contributed by atoms with E-state index in [9.17, 15) is 14.4 Å². The van der Waals surface area contributed by atoms with Crippen molar-refractivity contribution >= 4 is 29.2 Å². The Bertz CT molecular complexity index is 1550. The molecule has 228 valence electrons. The summed E-state index contributed by atoms with van der Waals surface area (Å²) in [7, 11) is 1.37. The minimum Gasteiger partial charge on any atom is -0.465 e. The number of ether oxygens (including phenoxy) is 1. The maximum atomic E-state index is 13.6. The van der Waals surface area contributed by atoms with Crippen LogP contribution in [0.15, 0.2) is 82.0 Å². The number of aliphatic imine (C=N–C) groups is 1. The number of nitrogens with two attached hydrogens (primary N) is 1. The van der Waals surface area contributed by atoms with Crippen LogP contribution in [0.1, 0.15) is 59.2 Å². The Morgan fingerprint density at radius 1 is 0.955 bits per heavy atom. The number of Topliss-reactive ketones (excluding diaryl/α,β-unsaturated/α-hetero) is 1. The van der Waals surface area contributed by atoms with Crippen LogP contribution in [0.25, 0.3) is 11.1 Å². The van der Waals surface area contributed by atoms with Gasteiger partial charge in [-0.3, -0.25) is 9.59 Å². The monoisotopic (exact) mass is 593 g/mol. The van der Waals surface area contributed by atoms with Crippen molar-refractivity contribution in [2.75, 3.05) is 25.6 Å². The number of rotatable bonds is 11. The Labute approximate surface area is 258 Å². The molecule has 0 spiro atoms. The first-order valence-electron chi connectivity index (χ1n) is 15.2. The number of anilines is 1. The van der Waals surface area contributed by atoms with E-state index < -0.39 is 5.92 Å². The van der Waals surface area contributed by atoms with E-state index in [-0.39, 0.29) is 30.0 Å². The van der Waals surface area contributed by atoms with Crippen LogP contribution in [0.2, 0.25) is 0 Å². The van der Waals surface area contributed by atoms with Crippen molar-refractivity contribution in [3.8, 4) is 11.1 Å². The first-order valence-corrected chi connectivity index (χ1v) is 15.2. The van der Waals surface area contributed by atoms with Gasteiger partial charge in [-0.2, -0.15) is 5.11 Å². The lowest BCUT2D eigenvalue weighted by Crippen LogP contribution is -2.31. The normalized spacial score (nSPS) is 18.4. The van der Waals surface area contributed by atoms with Gasteiger partial charge in [-0.05, 0) is 110 Å². The van der Waals surface area contributed by atoms with E-state index in [1.54, 1.807) is 6.07 Å².